The zero-order chi connectivity index (χ0) is 15.6. The number of nitrogen functional groups attached to an aromatic ring is 1. The lowest BCUT2D eigenvalue weighted by Crippen LogP contribution is -2.23. The maximum Gasteiger partial charge on any atom is 0.293 e. The van der Waals surface area contributed by atoms with Crippen LogP contribution in [0.5, 0.6) is 0 Å². The number of rotatable bonds is 5. The molecule has 8 nitrogen and oxygen atoms in total. The van der Waals surface area contributed by atoms with Crippen LogP contribution in [-0.4, -0.2) is 18.3 Å². The van der Waals surface area contributed by atoms with Gasteiger partial charge >= 0.3 is 0 Å². The van der Waals surface area contributed by atoms with E-state index in [0.717, 1.165) is 10.9 Å². The molecular formula is C11H12N4O4S2. The van der Waals surface area contributed by atoms with Gasteiger partial charge in [0.25, 0.3) is 5.69 Å². The van der Waals surface area contributed by atoms with Crippen molar-refractivity contribution in [2.45, 2.75) is 18.4 Å². The number of aromatic nitrogens is 1. The summed E-state index contributed by atoms with van der Waals surface area (Å²) in [5, 5.41) is 11.4. The molecular weight excluding hydrogens is 316 g/mol. The van der Waals surface area contributed by atoms with E-state index in [1.54, 1.807) is 6.20 Å². The SMILES string of the molecule is Cc1cnc(CNS(=O)(=O)c2ccc(N)c([N+](=O)[O-])c2)s1. The maximum atomic E-state index is 12.1. The van der Waals surface area contributed by atoms with Crippen molar-refractivity contribution in [1.29, 1.82) is 0 Å². The lowest BCUT2D eigenvalue weighted by Gasteiger charge is -2.06. The lowest BCUT2D eigenvalue weighted by molar-refractivity contribution is -0.384. The summed E-state index contributed by atoms with van der Waals surface area (Å²) in [4.78, 5) is 14.9. The number of nitro benzene ring substituents is 1. The summed E-state index contributed by atoms with van der Waals surface area (Å²) in [6.45, 7) is 1.89. The number of hydrogen-bond donors (Lipinski definition) is 2. The summed E-state index contributed by atoms with van der Waals surface area (Å²) in [5.74, 6) is 0. The first-order valence-corrected chi connectivity index (χ1v) is 8.04. The van der Waals surface area contributed by atoms with Gasteiger partial charge in [0.05, 0.1) is 16.4 Å². The Morgan fingerprint density at radius 2 is 2.19 bits per heavy atom. The minimum absolute atomic E-state index is 0.0268. The number of nitrogens with one attached hydrogen (secondary N) is 1. The van der Waals surface area contributed by atoms with Gasteiger partial charge in [0.15, 0.2) is 0 Å². The summed E-state index contributed by atoms with van der Waals surface area (Å²) in [6, 6.07) is 3.35. The second-order valence-corrected chi connectivity index (χ2v) is 7.25. The molecule has 1 aromatic heterocycles. The zero-order valence-electron chi connectivity index (χ0n) is 10.9. The smallest absolute Gasteiger partial charge is 0.293 e. The summed E-state index contributed by atoms with van der Waals surface area (Å²) in [5.41, 5.74) is 4.91. The van der Waals surface area contributed by atoms with E-state index in [0.29, 0.717) is 5.01 Å². The van der Waals surface area contributed by atoms with Crippen LogP contribution in [0.4, 0.5) is 11.4 Å². The molecule has 0 saturated heterocycles. The van der Waals surface area contributed by atoms with Gasteiger partial charge in [-0.15, -0.1) is 11.3 Å². The molecule has 2 rings (SSSR count). The molecule has 0 aliphatic rings. The Morgan fingerprint density at radius 1 is 1.48 bits per heavy atom. The van der Waals surface area contributed by atoms with E-state index in [4.69, 9.17) is 5.73 Å². The molecule has 21 heavy (non-hydrogen) atoms. The van der Waals surface area contributed by atoms with Crippen molar-refractivity contribution in [2.24, 2.45) is 0 Å². The molecule has 0 aliphatic carbocycles. The largest absolute Gasteiger partial charge is 0.393 e. The van der Waals surface area contributed by atoms with E-state index in [1.807, 2.05) is 6.92 Å². The summed E-state index contributed by atoms with van der Waals surface area (Å²) < 4.78 is 26.5. The standard InChI is InChI=1S/C11H12N4O4S2/c1-7-5-13-11(20-7)6-14-21(18,19)8-2-3-9(12)10(4-8)15(16)17/h2-5,14H,6,12H2,1H3. The van der Waals surface area contributed by atoms with Crippen molar-refractivity contribution in [3.8, 4) is 0 Å². The average Bonchev–Trinajstić information content (AvgIpc) is 2.82. The molecule has 0 radical (unpaired) electrons. The van der Waals surface area contributed by atoms with E-state index in [1.165, 1.54) is 23.5 Å². The second kappa shape index (κ2) is 5.76. The van der Waals surface area contributed by atoms with Crippen LogP contribution in [0, 0.1) is 17.0 Å². The fourth-order valence-corrected chi connectivity index (χ4v) is 3.40. The number of nitro groups is 1. The molecule has 2 aromatic rings. The van der Waals surface area contributed by atoms with Gasteiger partial charge in [0, 0.05) is 17.1 Å². The predicted molar refractivity (Wildman–Crippen MR) is 78.4 cm³/mol. The highest BCUT2D eigenvalue weighted by Crippen LogP contribution is 2.24. The molecule has 10 heteroatoms. The molecule has 1 heterocycles. The minimum Gasteiger partial charge on any atom is -0.393 e. The van der Waals surface area contributed by atoms with E-state index >= 15 is 0 Å². The number of nitrogens with zero attached hydrogens (tertiary/aromatic N) is 2. The number of sulfonamides is 1. The van der Waals surface area contributed by atoms with Crippen LogP contribution in [0.2, 0.25) is 0 Å². The topological polar surface area (TPSA) is 128 Å². The van der Waals surface area contributed by atoms with Crippen molar-refractivity contribution in [3.05, 3.63) is 44.4 Å². The average molecular weight is 328 g/mol. The first-order chi connectivity index (χ1) is 9.79. The van der Waals surface area contributed by atoms with Gasteiger partial charge in [-0.1, -0.05) is 0 Å². The Morgan fingerprint density at radius 3 is 2.76 bits per heavy atom. The van der Waals surface area contributed by atoms with Crippen LogP contribution in [0.15, 0.2) is 29.3 Å². The van der Waals surface area contributed by atoms with Crippen LogP contribution >= 0.6 is 11.3 Å². The van der Waals surface area contributed by atoms with Gasteiger partial charge in [-0.05, 0) is 19.1 Å². The molecule has 1 aromatic carbocycles. The highest BCUT2D eigenvalue weighted by Gasteiger charge is 2.20. The Balaban J connectivity index is 2.23. The lowest BCUT2D eigenvalue weighted by atomic mass is 10.3. The zero-order valence-corrected chi connectivity index (χ0v) is 12.6. The quantitative estimate of drug-likeness (QED) is 0.485. The molecule has 0 spiro atoms. The van der Waals surface area contributed by atoms with Gasteiger partial charge in [0.1, 0.15) is 10.7 Å². The van der Waals surface area contributed by atoms with Crippen LogP contribution in [0.25, 0.3) is 0 Å². The number of anilines is 1. The molecule has 0 aliphatic heterocycles. The third-order valence-corrected chi connectivity index (χ3v) is 4.90. The number of nitrogens with two attached hydrogens (primary N) is 1. The first kappa shape index (κ1) is 15.4. The molecule has 0 amide bonds. The van der Waals surface area contributed by atoms with Crippen LogP contribution < -0.4 is 10.5 Å². The highest BCUT2D eigenvalue weighted by atomic mass is 32.2. The van der Waals surface area contributed by atoms with E-state index < -0.39 is 20.6 Å². The Hall–Kier alpha value is -2.04. The fraction of sp³-hybridized carbons (Fsp3) is 0.182. The van der Waals surface area contributed by atoms with E-state index in [2.05, 4.69) is 9.71 Å². The monoisotopic (exact) mass is 328 g/mol. The number of hydrogen-bond acceptors (Lipinski definition) is 7. The molecule has 112 valence electrons. The normalized spacial score (nSPS) is 11.5. The van der Waals surface area contributed by atoms with Crippen molar-refractivity contribution in [3.63, 3.8) is 0 Å². The van der Waals surface area contributed by atoms with Crippen molar-refractivity contribution < 1.29 is 13.3 Å². The maximum absolute atomic E-state index is 12.1. The molecule has 0 fully saturated rings. The number of aryl methyl sites for hydroxylation is 1. The van der Waals surface area contributed by atoms with Crippen LogP contribution in [-0.2, 0) is 16.6 Å². The Bertz CT molecular complexity index is 785. The predicted octanol–water partition coefficient (Wildman–Crippen LogP) is 1.42. The first-order valence-electron chi connectivity index (χ1n) is 5.74. The van der Waals surface area contributed by atoms with Crippen LogP contribution in [0.1, 0.15) is 9.88 Å². The van der Waals surface area contributed by atoms with Crippen molar-refractivity contribution >= 4 is 32.7 Å². The summed E-state index contributed by atoms with van der Waals surface area (Å²) >= 11 is 1.37. The fourth-order valence-electron chi connectivity index (χ4n) is 1.57. The summed E-state index contributed by atoms with van der Waals surface area (Å²) in [7, 11) is -3.87. The van der Waals surface area contributed by atoms with Gasteiger partial charge in [-0.2, -0.15) is 0 Å². The Kier molecular flexibility index (Phi) is 4.21. The molecule has 0 atom stereocenters. The third kappa shape index (κ3) is 3.54. The van der Waals surface area contributed by atoms with Gasteiger partial charge in [-0.3, -0.25) is 10.1 Å². The Labute approximate surface area is 124 Å². The number of benzene rings is 1. The molecule has 0 saturated carbocycles. The van der Waals surface area contributed by atoms with E-state index in [-0.39, 0.29) is 17.1 Å². The van der Waals surface area contributed by atoms with Gasteiger partial charge < -0.3 is 5.73 Å². The van der Waals surface area contributed by atoms with Gasteiger partial charge in [0.2, 0.25) is 10.0 Å². The van der Waals surface area contributed by atoms with Crippen molar-refractivity contribution in [2.75, 3.05) is 5.73 Å². The molecule has 0 unspecified atom stereocenters. The van der Waals surface area contributed by atoms with Crippen molar-refractivity contribution in [1.82, 2.24) is 9.71 Å². The molecule has 3 N–H and O–H groups in total. The minimum atomic E-state index is -3.87. The van der Waals surface area contributed by atoms with E-state index in [9.17, 15) is 18.5 Å². The highest BCUT2D eigenvalue weighted by molar-refractivity contribution is 7.89. The second-order valence-electron chi connectivity index (χ2n) is 4.17. The van der Waals surface area contributed by atoms with Gasteiger partial charge in [-0.25, -0.2) is 18.1 Å². The third-order valence-electron chi connectivity index (χ3n) is 2.59. The summed E-state index contributed by atoms with van der Waals surface area (Å²) in [6.07, 6.45) is 1.64. The molecule has 0 bridgehead atoms. The van der Waals surface area contributed by atoms with Crippen LogP contribution in [0.3, 0.4) is 0 Å². The number of thiazole rings is 1.